The molecule has 0 aliphatic rings. The Labute approximate surface area is 153 Å². The number of nitrogens with one attached hydrogen (secondary N) is 2. The van der Waals surface area contributed by atoms with Crippen LogP contribution in [0.25, 0.3) is 0 Å². The molecule has 7 nitrogen and oxygen atoms in total. The molecule has 1 aromatic rings. The third kappa shape index (κ3) is 7.80. The summed E-state index contributed by atoms with van der Waals surface area (Å²) in [6.07, 6.45) is -2.27. The molecule has 0 aliphatic carbocycles. The van der Waals surface area contributed by atoms with Gasteiger partial charge in [0.1, 0.15) is 5.75 Å². The number of carboxylic acid groups (broad SMARTS) is 1. The van der Waals surface area contributed by atoms with Crippen LogP contribution in [0.5, 0.6) is 5.75 Å². The average Bonchev–Trinajstić information content (AvgIpc) is 2.49. The minimum Gasteiger partial charge on any atom is -0.464 e. The van der Waals surface area contributed by atoms with Crippen molar-refractivity contribution in [3.63, 3.8) is 0 Å². The third-order valence-corrected chi connectivity index (χ3v) is 9.40. The summed E-state index contributed by atoms with van der Waals surface area (Å²) in [7, 11) is -1.74. The van der Waals surface area contributed by atoms with Gasteiger partial charge in [0.2, 0.25) is 0 Å². The van der Waals surface area contributed by atoms with Gasteiger partial charge in [0.15, 0.2) is 8.32 Å². The van der Waals surface area contributed by atoms with Crippen molar-refractivity contribution in [3.8, 4) is 5.75 Å². The monoisotopic (exact) mass is 386 g/mol. The summed E-state index contributed by atoms with van der Waals surface area (Å²) >= 11 is 1.61. The third-order valence-electron chi connectivity index (χ3n) is 3.91. The van der Waals surface area contributed by atoms with Crippen molar-refractivity contribution in [1.82, 2.24) is 10.9 Å². The molecule has 9 heteroatoms. The van der Waals surface area contributed by atoms with E-state index in [9.17, 15) is 9.59 Å². The molecular weight excluding hydrogens is 360 g/mol. The van der Waals surface area contributed by atoms with E-state index in [2.05, 4.69) is 33.9 Å². The Morgan fingerprint density at radius 3 is 2.52 bits per heavy atom. The molecule has 0 bridgehead atoms. The second-order valence-electron chi connectivity index (χ2n) is 6.88. The van der Waals surface area contributed by atoms with Crippen LogP contribution < -0.4 is 15.6 Å². The lowest BCUT2D eigenvalue weighted by Gasteiger charge is -2.36. The fourth-order valence-corrected chi connectivity index (χ4v) is 3.51. The van der Waals surface area contributed by atoms with Crippen molar-refractivity contribution in [3.05, 3.63) is 24.3 Å². The number of benzene rings is 1. The van der Waals surface area contributed by atoms with Crippen LogP contribution in [0, 0.1) is 0 Å². The predicted molar refractivity (Wildman–Crippen MR) is 101 cm³/mol. The molecule has 1 rings (SSSR count). The molecule has 0 saturated heterocycles. The van der Waals surface area contributed by atoms with Gasteiger partial charge in [0.05, 0.1) is 0 Å². The van der Waals surface area contributed by atoms with Gasteiger partial charge in [-0.1, -0.05) is 26.8 Å². The molecule has 0 spiro atoms. The molecule has 3 N–H and O–H groups in total. The molecule has 0 atom stereocenters. The Hall–Kier alpha value is -1.71. The number of carbonyl (C=O) groups excluding carboxylic acids is 1. The number of hydrazine groups is 1. The Bertz CT molecular complexity index is 604. The van der Waals surface area contributed by atoms with E-state index in [1.165, 1.54) is 0 Å². The van der Waals surface area contributed by atoms with Gasteiger partial charge in [-0.2, -0.15) is 0 Å². The molecule has 0 heterocycles. The molecule has 1 aromatic carbocycles. The van der Waals surface area contributed by atoms with Crippen LogP contribution in [-0.4, -0.2) is 38.0 Å². The number of carbonyl (C=O) groups is 2. The lowest BCUT2D eigenvalue weighted by Crippen LogP contribution is -2.42. The summed E-state index contributed by atoms with van der Waals surface area (Å²) in [5.41, 5.74) is 3.62. The van der Waals surface area contributed by atoms with Crippen molar-refractivity contribution in [2.24, 2.45) is 0 Å². The second kappa shape index (κ2) is 9.11. The fourth-order valence-electron chi connectivity index (χ4n) is 1.54. The first-order chi connectivity index (χ1) is 11.5. The molecule has 0 radical (unpaired) electrons. The zero-order valence-electron chi connectivity index (χ0n) is 15.2. The van der Waals surface area contributed by atoms with Crippen LogP contribution in [-0.2, 0) is 4.43 Å². The fraction of sp³-hybridized carbons (Fsp3) is 0.500. The van der Waals surface area contributed by atoms with Gasteiger partial charge < -0.3 is 14.3 Å². The summed E-state index contributed by atoms with van der Waals surface area (Å²) in [6.45, 7) is 11.7. The highest BCUT2D eigenvalue weighted by Crippen LogP contribution is 2.36. The molecule has 0 fully saturated rings. The molecular formula is C16H26N2O5SSi. The first-order valence-corrected chi connectivity index (χ1v) is 11.7. The Morgan fingerprint density at radius 1 is 1.24 bits per heavy atom. The zero-order valence-corrected chi connectivity index (χ0v) is 17.0. The maximum atomic E-state index is 11.4. The van der Waals surface area contributed by atoms with E-state index in [1.807, 2.05) is 11.5 Å². The number of thioether (sulfide) groups is 1. The molecule has 0 unspecified atom stereocenters. The van der Waals surface area contributed by atoms with Crippen molar-refractivity contribution in [2.75, 3.05) is 12.4 Å². The summed E-state index contributed by atoms with van der Waals surface area (Å²) in [4.78, 5) is 22.6. The SMILES string of the molecule is CC(C)(C)[Si](C)(C)OCCSc1cccc(OC(=O)NNC(=O)O)c1. The second-order valence-corrected chi connectivity index (χ2v) is 12.9. The van der Waals surface area contributed by atoms with Gasteiger partial charge in [-0.05, 0) is 36.3 Å². The van der Waals surface area contributed by atoms with E-state index in [-0.39, 0.29) is 5.04 Å². The highest BCUT2D eigenvalue weighted by molar-refractivity contribution is 7.99. The van der Waals surface area contributed by atoms with Gasteiger partial charge >= 0.3 is 12.2 Å². The quantitative estimate of drug-likeness (QED) is 0.295. The van der Waals surface area contributed by atoms with Crippen molar-refractivity contribution in [1.29, 1.82) is 0 Å². The Kier molecular flexibility index (Phi) is 7.78. The molecule has 0 aliphatic heterocycles. The van der Waals surface area contributed by atoms with E-state index < -0.39 is 20.5 Å². The maximum Gasteiger partial charge on any atom is 0.431 e. The summed E-state index contributed by atoms with van der Waals surface area (Å²) in [5.74, 6) is 1.13. The number of rotatable bonds is 6. The Balaban J connectivity index is 2.45. The normalized spacial score (nSPS) is 11.7. The molecule has 2 amide bonds. The van der Waals surface area contributed by atoms with Crippen molar-refractivity contribution >= 4 is 32.3 Å². The van der Waals surface area contributed by atoms with Crippen molar-refractivity contribution in [2.45, 2.75) is 43.8 Å². The molecule has 140 valence electrons. The van der Waals surface area contributed by atoms with E-state index in [0.29, 0.717) is 12.4 Å². The van der Waals surface area contributed by atoms with E-state index in [0.717, 1.165) is 10.6 Å². The van der Waals surface area contributed by atoms with Gasteiger partial charge in [-0.25, -0.2) is 20.4 Å². The average molecular weight is 387 g/mol. The number of ether oxygens (including phenoxy) is 1. The highest BCUT2D eigenvalue weighted by atomic mass is 32.2. The summed E-state index contributed by atoms with van der Waals surface area (Å²) in [5, 5.41) is 8.59. The zero-order chi connectivity index (χ0) is 19.1. The standard InChI is InChI=1S/C16H26N2O5SSi/c1-16(2,3)25(4,5)22-9-10-24-13-8-6-7-12(11-13)23-15(21)18-17-14(19)20/h6-8,11,17H,9-10H2,1-5H3,(H,18,21)(H,19,20). The largest absolute Gasteiger partial charge is 0.464 e. The van der Waals surface area contributed by atoms with Gasteiger partial charge in [0, 0.05) is 17.3 Å². The van der Waals surface area contributed by atoms with Crippen LogP contribution in [0.15, 0.2) is 29.2 Å². The van der Waals surface area contributed by atoms with Crippen LogP contribution >= 0.6 is 11.8 Å². The lowest BCUT2D eigenvalue weighted by molar-refractivity contribution is 0.175. The minimum absolute atomic E-state index is 0.183. The molecule has 0 saturated carbocycles. The lowest BCUT2D eigenvalue weighted by atomic mass is 10.2. The van der Waals surface area contributed by atoms with Gasteiger partial charge in [0.25, 0.3) is 0 Å². The van der Waals surface area contributed by atoms with Crippen LogP contribution in [0.4, 0.5) is 9.59 Å². The minimum atomic E-state index is -1.74. The number of amides is 2. The smallest absolute Gasteiger partial charge is 0.431 e. The maximum absolute atomic E-state index is 11.4. The number of hydrogen-bond donors (Lipinski definition) is 3. The summed E-state index contributed by atoms with van der Waals surface area (Å²) in [6, 6.07) is 7.02. The first kappa shape index (κ1) is 21.3. The predicted octanol–water partition coefficient (Wildman–Crippen LogP) is 4.07. The topological polar surface area (TPSA) is 96.9 Å². The van der Waals surface area contributed by atoms with Crippen LogP contribution in [0.1, 0.15) is 20.8 Å². The van der Waals surface area contributed by atoms with Crippen molar-refractivity contribution < 1.29 is 23.9 Å². The Morgan fingerprint density at radius 2 is 1.92 bits per heavy atom. The van der Waals surface area contributed by atoms with Gasteiger partial charge in [-0.15, -0.1) is 11.8 Å². The van der Waals surface area contributed by atoms with Crippen LogP contribution in [0.2, 0.25) is 18.1 Å². The van der Waals surface area contributed by atoms with Gasteiger partial charge in [-0.3, -0.25) is 0 Å². The van der Waals surface area contributed by atoms with E-state index in [4.69, 9.17) is 14.3 Å². The number of hydrogen-bond acceptors (Lipinski definition) is 5. The van der Waals surface area contributed by atoms with E-state index in [1.54, 1.807) is 35.4 Å². The first-order valence-electron chi connectivity index (χ1n) is 7.85. The summed E-state index contributed by atoms with van der Waals surface area (Å²) < 4.78 is 11.1. The van der Waals surface area contributed by atoms with E-state index >= 15 is 0 Å². The van der Waals surface area contributed by atoms with Crippen LogP contribution in [0.3, 0.4) is 0 Å². The highest BCUT2D eigenvalue weighted by Gasteiger charge is 2.36. The molecule has 25 heavy (non-hydrogen) atoms. The molecule has 0 aromatic heterocycles.